The number of aryl methyl sites for hydroxylation is 2. The number of rotatable bonds is 10. The van der Waals surface area contributed by atoms with Crippen molar-refractivity contribution in [2.75, 3.05) is 24.9 Å². The van der Waals surface area contributed by atoms with E-state index < -0.39 is 29.2 Å². The molecule has 0 radical (unpaired) electrons. The molecule has 1 aromatic carbocycles. The molecule has 0 saturated heterocycles. The highest BCUT2D eigenvalue weighted by molar-refractivity contribution is 7.80. The van der Waals surface area contributed by atoms with Gasteiger partial charge in [-0.05, 0) is 13.6 Å². The maximum atomic E-state index is 14.9. The number of thiazole rings is 1. The molecule has 1 unspecified atom stereocenters. The number of carbonyl (C=O) groups is 1. The highest BCUT2D eigenvalue weighted by Gasteiger charge is 2.29. The molecule has 2 heterocycles. The van der Waals surface area contributed by atoms with E-state index in [0.29, 0.717) is 16.3 Å². The molecule has 3 N–H and O–H groups in total. The summed E-state index contributed by atoms with van der Waals surface area (Å²) in [5, 5.41) is 21.5. The molecule has 0 fully saturated rings. The summed E-state index contributed by atoms with van der Waals surface area (Å²) in [7, 11) is 4.09. The van der Waals surface area contributed by atoms with Crippen LogP contribution in [0, 0.1) is 18.6 Å². The van der Waals surface area contributed by atoms with Gasteiger partial charge >= 0.3 is 0 Å². The number of amides is 1. The van der Waals surface area contributed by atoms with Crippen molar-refractivity contribution in [1.82, 2.24) is 14.8 Å². The molecule has 0 bridgehead atoms. The van der Waals surface area contributed by atoms with E-state index in [2.05, 4.69) is 44.6 Å². The minimum Gasteiger partial charge on any atom is -0.494 e. The van der Waals surface area contributed by atoms with Crippen molar-refractivity contribution in [1.29, 1.82) is 0 Å². The van der Waals surface area contributed by atoms with Gasteiger partial charge in [0.15, 0.2) is 29.0 Å². The number of halogens is 2. The van der Waals surface area contributed by atoms with Gasteiger partial charge in [0.1, 0.15) is 22.6 Å². The van der Waals surface area contributed by atoms with E-state index >= 15 is 0 Å². The van der Waals surface area contributed by atoms with Crippen molar-refractivity contribution in [2.45, 2.75) is 13.0 Å². The van der Waals surface area contributed by atoms with Crippen LogP contribution in [-0.4, -0.2) is 52.1 Å². The molecule has 36 heavy (non-hydrogen) atoms. The summed E-state index contributed by atoms with van der Waals surface area (Å²) in [5.41, 5.74) is 0.0605. The van der Waals surface area contributed by atoms with Gasteiger partial charge in [0.2, 0.25) is 0 Å². The zero-order valence-corrected chi connectivity index (χ0v) is 21.3. The lowest BCUT2D eigenvalue weighted by Crippen LogP contribution is -2.12. The number of aliphatic hydroxyl groups excluding tert-OH is 1. The number of aromatic nitrogens is 3. The first kappa shape index (κ1) is 26.8. The van der Waals surface area contributed by atoms with Gasteiger partial charge in [-0.1, -0.05) is 12.2 Å². The maximum absolute atomic E-state index is 14.9. The predicted molar refractivity (Wildman–Crippen MR) is 137 cm³/mol. The first-order chi connectivity index (χ1) is 17.1. The van der Waals surface area contributed by atoms with Crippen LogP contribution in [0.15, 0.2) is 23.1 Å². The standard InChI is InChI=1S/C22H22F2N6O4S2/c1-10-11(6-15(25-2)28-21-12(8-30(3)29-21)26-16(31)9-35)27-22(36-10)20(32)17-18(23)13(33-4)7-14(34-5)19(17)24/h6-9,20,32H,2H2,1,3-5H3,(H,26,31)(H,28,29)/b15-6+. The fraction of sp³-hybridized carbons (Fsp3) is 0.227. The van der Waals surface area contributed by atoms with Crippen LogP contribution in [0.1, 0.15) is 27.2 Å². The van der Waals surface area contributed by atoms with Crippen LogP contribution in [0.3, 0.4) is 0 Å². The smallest absolute Gasteiger partial charge is 0.259 e. The third-order valence-electron chi connectivity index (χ3n) is 4.85. The lowest BCUT2D eigenvalue weighted by atomic mass is 10.1. The summed E-state index contributed by atoms with van der Waals surface area (Å²) >= 11 is 5.66. The summed E-state index contributed by atoms with van der Waals surface area (Å²) < 4.78 is 41.1. The average Bonchev–Trinajstić information content (AvgIpc) is 3.39. The van der Waals surface area contributed by atoms with E-state index in [1.54, 1.807) is 20.2 Å². The summed E-state index contributed by atoms with van der Waals surface area (Å²) in [6, 6.07) is 1.05. The minimum absolute atomic E-state index is 0.0297. The second-order valence-corrected chi connectivity index (χ2v) is 8.67. The number of aliphatic imine (C=N–C) groups is 1. The highest BCUT2D eigenvalue weighted by Crippen LogP contribution is 2.38. The summed E-state index contributed by atoms with van der Waals surface area (Å²) in [6.07, 6.45) is 1.33. The Morgan fingerprint density at radius 1 is 1.31 bits per heavy atom. The van der Waals surface area contributed by atoms with Crippen LogP contribution in [0.4, 0.5) is 20.3 Å². The van der Waals surface area contributed by atoms with Gasteiger partial charge in [0.25, 0.3) is 5.91 Å². The summed E-state index contributed by atoms with van der Waals surface area (Å²) in [6.45, 7) is 5.23. The number of aliphatic hydroxyl groups is 1. The topological polar surface area (TPSA) is 123 Å². The van der Waals surface area contributed by atoms with Crippen LogP contribution >= 0.6 is 23.6 Å². The molecule has 14 heteroatoms. The molecular weight excluding hydrogens is 514 g/mol. The molecule has 0 aliphatic heterocycles. The Balaban J connectivity index is 1.96. The van der Waals surface area contributed by atoms with Gasteiger partial charge < -0.3 is 25.2 Å². The Kier molecular flexibility index (Phi) is 8.45. The molecular formula is C22H22F2N6O4S2. The number of nitrogens with one attached hydrogen (secondary N) is 2. The summed E-state index contributed by atoms with van der Waals surface area (Å²) in [5.74, 6) is -2.73. The summed E-state index contributed by atoms with van der Waals surface area (Å²) in [4.78, 5) is 20.5. The normalized spacial score (nSPS) is 12.1. The first-order valence-corrected chi connectivity index (χ1v) is 11.4. The van der Waals surface area contributed by atoms with E-state index in [1.165, 1.54) is 25.0 Å². The quantitative estimate of drug-likeness (QED) is 0.265. The Labute approximate surface area is 214 Å². The molecule has 0 spiro atoms. The number of anilines is 2. The Morgan fingerprint density at radius 2 is 1.94 bits per heavy atom. The molecule has 2 aromatic heterocycles. The maximum Gasteiger partial charge on any atom is 0.259 e. The SMILES string of the molecule is C=N/C(=C\c1nc(C(O)c2c(F)c(OC)cc(OC)c2F)sc1C)Nc1nn(C)cc1NC(=O)C=S. The zero-order valence-electron chi connectivity index (χ0n) is 19.6. The molecule has 0 aliphatic carbocycles. The average molecular weight is 537 g/mol. The molecule has 0 saturated carbocycles. The number of hydrogen-bond donors (Lipinski definition) is 3. The number of nitrogens with zero attached hydrogens (tertiary/aromatic N) is 4. The van der Waals surface area contributed by atoms with Crippen LogP contribution in [-0.2, 0) is 11.8 Å². The number of benzene rings is 1. The number of thiocarbonyl (C=S) groups is 1. The van der Waals surface area contributed by atoms with Crippen molar-refractivity contribution >= 4 is 59.1 Å². The van der Waals surface area contributed by atoms with E-state index in [0.717, 1.165) is 22.8 Å². The molecule has 10 nitrogen and oxygen atoms in total. The first-order valence-electron chi connectivity index (χ1n) is 10.1. The zero-order chi connectivity index (χ0) is 26.6. The molecule has 3 aromatic rings. The monoisotopic (exact) mass is 536 g/mol. The van der Waals surface area contributed by atoms with Crippen molar-refractivity contribution < 1.29 is 28.2 Å². The van der Waals surface area contributed by atoms with Gasteiger partial charge in [-0.25, -0.2) is 18.8 Å². The van der Waals surface area contributed by atoms with E-state index in [4.69, 9.17) is 9.47 Å². The molecule has 0 aliphatic rings. The van der Waals surface area contributed by atoms with Crippen molar-refractivity contribution in [3.05, 3.63) is 50.9 Å². The lowest BCUT2D eigenvalue weighted by molar-refractivity contribution is -0.109. The second kappa shape index (κ2) is 11.3. The molecule has 190 valence electrons. The number of methoxy groups -OCH3 is 2. The number of hydrogen-bond acceptors (Lipinski definition) is 10. The molecule has 3 rings (SSSR count). The fourth-order valence-electron chi connectivity index (χ4n) is 3.15. The predicted octanol–water partition coefficient (Wildman–Crippen LogP) is 3.61. The molecule has 1 amide bonds. The van der Waals surface area contributed by atoms with E-state index in [9.17, 15) is 18.7 Å². The van der Waals surface area contributed by atoms with Crippen LogP contribution < -0.4 is 20.1 Å². The Hall–Kier alpha value is -3.75. The van der Waals surface area contributed by atoms with Gasteiger partial charge in [-0.15, -0.1) is 11.3 Å². The van der Waals surface area contributed by atoms with Crippen LogP contribution in [0.25, 0.3) is 6.08 Å². The second-order valence-electron chi connectivity index (χ2n) is 7.20. The van der Waals surface area contributed by atoms with Gasteiger partial charge in [-0.2, -0.15) is 5.10 Å². The number of ether oxygens (including phenoxy) is 2. The lowest BCUT2D eigenvalue weighted by Gasteiger charge is -2.15. The number of carbonyl (C=O) groups excluding carboxylic acids is 1. The fourth-order valence-corrected chi connectivity index (χ4v) is 4.11. The van der Waals surface area contributed by atoms with Gasteiger partial charge in [-0.3, -0.25) is 9.48 Å². The van der Waals surface area contributed by atoms with Gasteiger partial charge in [0.05, 0.1) is 37.0 Å². The third kappa shape index (κ3) is 5.56. The van der Waals surface area contributed by atoms with E-state index in [-0.39, 0.29) is 28.1 Å². The van der Waals surface area contributed by atoms with Crippen molar-refractivity contribution in [3.63, 3.8) is 0 Å². The third-order valence-corrected chi connectivity index (χ3v) is 6.10. The van der Waals surface area contributed by atoms with Crippen molar-refractivity contribution in [2.24, 2.45) is 12.0 Å². The van der Waals surface area contributed by atoms with E-state index in [1.807, 2.05) is 0 Å². The largest absolute Gasteiger partial charge is 0.494 e. The minimum atomic E-state index is -1.74. The van der Waals surface area contributed by atoms with Crippen LogP contribution in [0.5, 0.6) is 11.5 Å². The highest BCUT2D eigenvalue weighted by atomic mass is 32.1. The van der Waals surface area contributed by atoms with Crippen LogP contribution in [0.2, 0.25) is 0 Å². The van der Waals surface area contributed by atoms with Gasteiger partial charge in [0, 0.05) is 24.1 Å². The molecule has 1 atom stereocenters. The van der Waals surface area contributed by atoms with Crippen molar-refractivity contribution in [3.8, 4) is 11.5 Å². The Morgan fingerprint density at radius 3 is 2.50 bits per heavy atom. The Bertz CT molecular complexity index is 1330.